The molecule has 0 N–H and O–H groups in total. The van der Waals surface area contributed by atoms with Gasteiger partial charge in [0, 0.05) is 0 Å². The van der Waals surface area contributed by atoms with Crippen molar-refractivity contribution in [1.29, 1.82) is 5.26 Å². The highest BCUT2D eigenvalue weighted by Gasteiger charge is 2.41. The van der Waals surface area contributed by atoms with Crippen molar-refractivity contribution in [2.45, 2.75) is 24.7 Å². The lowest BCUT2D eigenvalue weighted by molar-refractivity contribution is 0.0596. The predicted octanol–water partition coefficient (Wildman–Crippen LogP) is 2.42. The van der Waals surface area contributed by atoms with Crippen molar-refractivity contribution >= 4 is 5.97 Å². The van der Waals surface area contributed by atoms with Gasteiger partial charge in [0.15, 0.2) is 0 Å². The Morgan fingerprint density at radius 2 is 2.12 bits per heavy atom. The summed E-state index contributed by atoms with van der Waals surface area (Å²) in [5.74, 6) is -0.364. The van der Waals surface area contributed by atoms with Crippen molar-refractivity contribution in [2.24, 2.45) is 0 Å². The number of hydrogen-bond acceptors (Lipinski definition) is 3. The van der Waals surface area contributed by atoms with E-state index < -0.39 is 5.41 Å². The van der Waals surface area contributed by atoms with Crippen LogP contribution in [0.15, 0.2) is 24.3 Å². The van der Waals surface area contributed by atoms with E-state index in [1.54, 1.807) is 12.1 Å². The van der Waals surface area contributed by atoms with Crippen LogP contribution in [0.1, 0.15) is 35.2 Å². The molecular weight excluding hydrogens is 202 g/mol. The minimum absolute atomic E-state index is 0.364. The van der Waals surface area contributed by atoms with E-state index in [1.165, 1.54) is 7.11 Å². The van der Waals surface area contributed by atoms with Crippen molar-refractivity contribution in [2.75, 3.05) is 7.11 Å². The van der Waals surface area contributed by atoms with E-state index in [9.17, 15) is 10.1 Å². The Balaban J connectivity index is 2.49. The van der Waals surface area contributed by atoms with Gasteiger partial charge in [-0.25, -0.2) is 4.79 Å². The second kappa shape index (κ2) is 3.97. The fourth-order valence-corrected chi connectivity index (χ4v) is 2.16. The Morgan fingerprint density at radius 1 is 1.44 bits per heavy atom. The Morgan fingerprint density at radius 3 is 2.62 bits per heavy atom. The molecule has 0 spiro atoms. The SMILES string of the molecule is COC(=O)c1ccccc1C1(C#N)CCC1. The monoisotopic (exact) mass is 215 g/mol. The van der Waals surface area contributed by atoms with Crippen molar-refractivity contribution in [1.82, 2.24) is 0 Å². The standard InChI is InChI=1S/C13H13NO2/c1-16-12(15)10-5-2-3-6-11(10)13(9-14)7-4-8-13/h2-3,5-6H,4,7-8H2,1H3. The maximum atomic E-state index is 11.6. The third kappa shape index (κ3) is 1.47. The molecule has 0 aliphatic heterocycles. The fourth-order valence-electron chi connectivity index (χ4n) is 2.16. The van der Waals surface area contributed by atoms with Crippen LogP contribution in [0.3, 0.4) is 0 Å². The summed E-state index contributed by atoms with van der Waals surface area (Å²) in [6, 6.07) is 9.57. The van der Waals surface area contributed by atoms with E-state index in [0.717, 1.165) is 24.8 Å². The quantitative estimate of drug-likeness (QED) is 0.712. The number of carbonyl (C=O) groups is 1. The lowest BCUT2D eigenvalue weighted by Crippen LogP contribution is -2.34. The molecule has 1 fully saturated rings. The third-order valence-electron chi connectivity index (χ3n) is 3.27. The van der Waals surface area contributed by atoms with Gasteiger partial charge in [-0.2, -0.15) is 5.26 Å². The Labute approximate surface area is 94.6 Å². The van der Waals surface area contributed by atoms with Crippen LogP contribution in [0.25, 0.3) is 0 Å². The predicted molar refractivity (Wildman–Crippen MR) is 58.9 cm³/mol. The highest BCUT2D eigenvalue weighted by atomic mass is 16.5. The van der Waals surface area contributed by atoms with Crippen LogP contribution in [0, 0.1) is 11.3 Å². The van der Waals surface area contributed by atoms with Gasteiger partial charge in [0.25, 0.3) is 0 Å². The second-order valence-corrected chi connectivity index (χ2v) is 4.08. The van der Waals surface area contributed by atoms with Crippen LogP contribution in [-0.2, 0) is 10.2 Å². The first-order chi connectivity index (χ1) is 7.73. The summed E-state index contributed by atoms with van der Waals surface area (Å²) < 4.78 is 4.74. The molecule has 0 unspecified atom stereocenters. The number of methoxy groups -OCH3 is 1. The van der Waals surface area contributed by atoms with Crippen LogP contribution in [0.5, 0.6) is 0 Å². The fraction of sp³-hybridized carbons (Fsp3) is 0.385. The topological polar surface area (TPSA) is 50.1 Å². The number of benzene rings is 1. The zero-order valence-electron chi connectivity index (χ0n) is 9.19. The van der Waals surface area contributed by atoms with Crippen molar-refractivity contribution in [3.8, 4) is 6.07 Å². The van der Waals surface area contributed by atoms with Crippen molar-refractivity contribution < 1.29 is 9.53 Å². The molecule has 1 aliphatic rings. The molecule has 0 heterocycles. The first-order valence-electron chi connectivity index (χ1n) is 5.32. The molecular formula is C13H13NO2. The van der Waals surface area contributed by atoms with E-state index in [4.69, 9.17) is 4.74 Å². The summed E-state index contributed by atoms with van der Waals surface area (Å²) in [6.07, 6.45) is 2.71. The summed E-state index contributed by atoms with van der Waals surface area (Å²) in [5, 5.41) is 9.27. The number of carbonyl (C=O) groups excluding carboxylic acids is 1. The third-order valence-corrected chi connectivity index (χ3v) is 3.27. The normalized spacial score (nSPS) is 17.0. The first-order valence-corrected chi connectivity index (χ1v) is 5.32. The van der Waals surface area contributed by atoms with Gasteiger partial charge < -0.3 is 4.74 Å². The van der Waals surface area contributed by atoms with Crippen LogP contribution in [0.2, 0.25) is 0 Å². The molecule has 0 radical (unpaired) electrons. The first kappa shape index (κ1) is 10.7. The molecule has 2 rings (SSSR count). The molecule has 0 aromatic heterocycles. The average Bonchev–Trinajstić information content (AvgIpc) is 2.28. The van der Waals surface area contributed by atoms with Crippen LogP contribution in [-0.4, -0.2) is 13.1 Å². The van der Waals surface area contributed by atoms with Gasteiger partial charge in [0.1, 0.15) is 0 Å². The molecule has 1 aliphatic carbocycles. The van der Waals surface area contributed by atoms with E-state index in [1.807, 2.05) is 12.1 Å². The molecule has 16 heavy (non-hydrogen) atoms. The highest BCUT2D eigenvalue weighted by Crippen LogP contribution is 2.44. The smallest absolute Gasteiger partial charge is 0.338 e. The summed E-state index contributed by atoms with van der Waals surface area (Å²) in [4.78, 5) is 11.6. The van der Waals surface area contributed by atoms with Gasteiger partial charge >= 0.3 is 5.97 Å². The van der Waals surface area contributed by atoms with Crippen molar-refractivity contribution in [3.05, 3.63) is 35.4 Å². The Bertz CT molecular complexity index is 455. The van der Waals surface area contributed by atoms with Gasteiger partial charge in [-0.3, -0.25) is 0 Å². The molecule has 3 nitrogen and oxygen atoms in total. The molecule has 1 aromatic rings. The van der Waals surface area contributed by atoms with Gasteiger partial charge in [0.2, 0.25) is 0 Å². The summed E-state index contributed by atoms with van der Waals surface area (Å²) in [6.45, 7) is 0. The molecule has 0 amide bonds. The molecule has 0 saturated heterocycles. The number of rotatable bonds is 2. The zero-order valence-corrected chi connectivity index (χ0v) is 9.19. The molecule has 1 aromatic carbocycles. The Hall–Kier alpha value is -1.82. The highest BCUT2D eigenvalue weighted by molar-refractivity contribution is 5.91. The van der Waals surface area contributed by atoms with Crippen molar-refractivity contribution in [3.63, 3.8) is 0 Å². The number of nitriles is 1. The maximum absolute atomic E-state index is 11.6. The number of nitrogens with zero attached hydrogens (tertiary/aromatic N) is 1. The second-order valence-electron chi connectivity index (χ2n) is 4.08. The molecule has 3 heteroatoms. The average molecular weight is 215 g/mol. The van der Waals surface area contributed by atoms with E-state index >= 15 is 0 Å². The van der Waals surface area contributed by atoms with Crippen LogP contribution < -0.4 is 0 Å². The number of hydrogen-bond donors (Lipinski definition) is 0. The molecule has 0 bridgehead atoms. The summed E-state index contributed by atoms with van der Waals surface area (Å²) >= 11 is 0. The van der Waals surface area contributed by atoms with Gasteiger partial charge in [0.05, 0.1) is 24.2 Å². The largest absolute Gasteiger partial charge is 0.465 e. The van der Waals surface area contributed by atoms with Crippen LogP contribution in [0.4, 0.5) is 0 Å². The van der Waals surface area contributed by atoms with Gasteiger partial charge in [-0.05, 0) is 30.9 Å². The minimum Gasteiger partial charge on any atom is -0.465 e. The zero-order chi connectivity index (χ0) is 11.6. The van der Waals surface area contributed by atoms with Crippen LogP contribution >= 0.6 is 0 Å². The summed E-state index contributed by atoms with van der Waals surface area (Å²) in [5.41, 5.74) is 0.868. The number of esters is 1. The lowest BCUT2D eigenvalue weighted by Gasteiger charge is -2.36. The number of ether oxygens (including phenoxy) is 1. The molecule has 0 atom stereocenters. The van der Waals surface area contributed by atoms with E-state index in [2.05, 4.69) is 6.07 Å². The molecule has 1 saturated carbocycles. The van der Waals surface area contributed by atoms with E-state index in [0.29, 0.717) is 5.56 Å². The van der Waals surface area contributed by atoms with E-state index in [-0.39, 0.29) is 5.97 Å². The summed E-state index contributed by atoms with van der Waals surface area (Å²) in [7, 11) is 1.36. The Kier molecular flexibility index (Phi) is 2.66. The van der Waals surface area contributed by atoms with Gasteiger partial charge in [-0.1, -0.05) is 18.2 Å². The minimum atomic E-state index is -0.467. The molecule has 82 valence electrons. The lowest BCUT2D eigenvalue weighted by atomic mass is 9.64. The maximum Gasteiger partial charge on any atom is 0.338 e. The van der Waals surface area contributed by atoms with Gasteiger partial charge in [-0.15, -0.1) is 0 Å².